The van der Waals surface area contributed by atoms with E-state index in [0.29, 0.717) is 12.2 Å². The molecule has 0 saturated heterocycles. The number of rotatable bonds is 4. The lowest BCUT2D eigenvalue weighted by molar-refractivity contribution is 0.0946. The number of carbonyl (C=O) groups is 1. The molecule has 100 valence electrons. The quantitative estimate of drug-likeness (QED) is 0.800. The lowest BCUT2D eigenvalue weighted by Gasteiger charge is -2.04. The fraction of sp³-hybridized carbons (Fsp3) is 0.0714. The van der Waals surface area contributed by atoms with Crippen LogP contribution in [0.2, 0.25) is 0 Å². The lowest BCUT2D eigenvalue weighted by atomic mass is 10.1. The molecule has 0 fully saturated rings. The Morgan fingerprint density at radius 3 is 3.10 bits per heavy atom. The number of hydrogen-bond donors (Lipinski definition) is 1. The molecule has 0 saturated carbocycles. The average molecular weight is 285 g/mol. The molecular formula is C14H11N3O2S. The van der Waals surface area contributed by atoms with E-state index in [2.05, 4.69) is 15.3 Å². The molecule has 0 bridgehead atoms. The highest BCUT2D eigenvalue weighted by molar-refractivity contribution is 7.07. The van der Waals surface area contributed by atoms with Gasteiger partial charge in [0.1, 0.15) is 11.5 Å². The minimum atomic E-state index is -0.186. The van der Waals surface area contributed by atoms with Crippen molar-refractivity contribution in [2.24, 2.45) is 0 Å². The van der Waals surface area contributed by atoms with E-state index in [-0.39, 0.29) is 5.91 Å². The first-order valence-electron chi connectivity index (χ1n) is 5.97. The van der Waals surface area contributed by atoms with Crippen LogP contribution in [0.5, 0.6) is 0 Å². The fourth-order valence-corrected chi connectivity index (χ4v) is 2.29. The van der Waals surface area contributed by atoms with Crippen LogP contribution in [0.15, 0.2) is 52.2 Å². The van der Waals surface area contributed by atoms with Gasteiger partial charge in [0.15, 0.2) is 0 Å². The summed E-state index contributed by atoms with van der Waals surface area (Å²) in [4.78, 5) is 19.9. The number of hydrogen-bond acceptors (Lipinski definition) is 5. The van der Waals surface area contributed by atoms with Gasteiger partial charge in [0, 0.05) is 29.9 Å². The number of pyridine rings is 1. The molecule has 0 aliphatic carbocycles. The van der Waals surface area contributed by atoms with Crippen LogP contribution in [0.4, 0.5) is 0 Å². The topological polar surface area (TPSA) is 68.0 Å². The Bertz CT molecular complexity index is 693. The molecule has 0 atom stereocenters. The summed E-state index contributed by atoms with van der Waals surface area (Å²) in [6, 6.07) is 5.63. The van der Waals surface area contributed by atoms with Crippen LogP contribution < -0.4 is 5.32 Å². The molecule has 0 radical (unpaired) electrons. The van der Waals surface area contributed by atoms with Crippen molar-refractivity contribution in [3.05, 3.63) is 59.0 Å². The van der Waals surface area contributed by atoms with Crippen molar-refractivity contribution in [3.63, 3.8) is 0 Å². The number of thiazole rings is 1. The molecule has 0 aromatic carbocycles. The van der Waals surface area contributed by atoms with Gasteiger partial charge >= 0.3 is 0 Å². The third-order valence-corrected chi connectivity index (χ3v) is 3.31. The van der Waals surface area contributed by atoms with Crippen LogP contribution in [-0.4, -0.2) is 15.9 Å². The minimum absolute atomic E-state index is 0.186. The maximum atomic E-state index is 11.8. The van der Waals surface area contributed by atoms with Crippen LogP contribution in [-0.2, 0) is 6.54 Å². The van der Waals surface area contributed by atoms with Gasteiger partial charge in [-0.15, -0.1) is 11.3 Å². The summed E-state index contributed by atoms with van der Waals surface area (Å²) in [5.41, 5.74) is 3.86. The maximum Gasteiger partial charge on any atom is 0.271 e. The zero-order valence-corrected chi connectivity index (χ0v) is 11.3. The first-order valence-corrected chi connectivity index (χ1v) is 6.91. The van der Waals surface area contributed by atoms with Gasteiger partial charge < -0.3 is 9.73 Å². The third kappa shape index (κ3) is 2.75. The van der Waals surface area contributed by atoms with Gasteiger partial charge in [-0.05, 0) is 23.8 Å². The van der Waals surface area contributed by atoms with E-state index in [1.807, 2.05) is 18.2 Å². The molecule has 0 aliphatic rings. The van der Waals surface area contributed by atoms with Gasteiger partial charge in [-0.1, -0.05) is 0 Å². The molecule has 1 N–H and O–H groups in total. The van der Waals surface area contributed by atoms with E-state index < -0.39 is 0 Å². The standard InChI is InChI=1S/C14H11N3O2S/c18-14(12-8-20-9-17-12)16-6-10-4-11(7-15-5-10)13-2-1-3-19-13/h1-5,7-9H,6H2,(H,16,18). The molecule has 3 aromatic rings. The van der Waals surface area contributed by atoms with Crippen molar-refractivity contribution in [1.82, 2.24) is 15.3 Å². The highest BCUT2D eigenvalue weighted by Crippen LogP contribution is 2.19. The number of carbonyl (C=O) groups excluding carboxylic acids is 1. The molecule has 5 nitrogen and oxygen atoms in total. The van der Waals surface area contributed by atoms with Crippen molar-refractivity contribution in [2.45, 2.75) is 6.54 Å². The summed E-state index contributed by atoms with van der Waals surface area (Å²) in [5.74, 6) is 0.569. The predicted octanol–water partition coefficient (Wildman–Crippen LogP) is 2.73. The van der Waals surface area contributed by atoms with Crippen LogP contribution in [0, 0.1) is 0 Å². The summed E-state index contributed by atoms with van der Waals surface area (Å²) >= 11 is 1.39. The number of aromatic nitrogens is 2. The Balaban J connectivity index is 1.69. The molecule has 6 heteroatoms. The second-order valence-corrected chi connectivity index (χ2v) is 4.83. The number of nitrogens with zero attached hydrogens (tertiary/aromatic N) is 2. The van der Waals surface area contributed by atoms with Crippen LogP contribution in [0.3, 0.4) is 0 Å². The Kier molecular flexibility index (Phi) is 3.56. The molecule has 3 rings (SSSR count). The number of furan rings is 1. The lowest BCUT2D eigenvalue weighted by Crippen LogP contribution is -2.23. The smallest absolute Gasteiger partial charge is 0.271 e. The second-order valence-electron chi connectivity index (χ2n) is 4.12. The summed E-state index contributed by atoms with van der Waals surface area (Å²) in [5, 5.41) is 4.52. The van der Waals surface area contributed by atoms with Gasteiger partial charge in [0.2, 0.25) is 0 Å². The fourth-order valence-electron chi connectivity index (χ4n) is 1.76. The van der Waals surface area contributed by atoms with Crippen molar-refractivity contribution in [2.75, 3.05) is 0 Å². The highest BCUT2D eigenvalue weighted by atomic mass is 32.1. The zero-order chi connectivity index (χ0) is 13.8. The van der Waals surface area contributed by atoms with Gasteiger partial charge in [-0.25, -0.2) is 4.98 Å². The molecule has 1 amide bonds. The van der Waals surface area contributed by atoms with Gasteiger partial charge in [-0.3, -0.25) is 9.78 Å². The van der Waals surface area contributed by atoms with E-state index >= 15 is 0 Å². The molecule has 0 unspecified atom stereocenters. The average Bonchev–Trinajstić information content (AvgIpc) is 3.17. The van der Waals surface area contributed by atoms with E-state index in [4.69, 9.17) is 4.42 Å². The van der Waals surface area contributed by atoms with E-state index in [0.717, 1.165) is 16.9 Å². The van der Waals surface area contributed by atoms with E-state index in [1.165, 1.54) is 11.3 Å². The van der Waals surface area contributed by atoms with E-state index in [1.54, 1.807) is 29.5 Å². The Morgan fingerprint density at radius 2 is 2.35 bits per heavy atom. The SMILES string of the molecule is O=C(NCc1cncc(-c2ccco2)c1)c1cscn1. The Morgan fingerprint density at radius 1 is 1.40 bits per heavy atom. The molecule has 0 aliphatic heterocycles. The molecule has 3 aromatic heterocycles. The zero-order valence-electron chi connectivity index (χ0n) is 10.4. The van der Waals surface area contributed by atoms with Crippen molar-refractivity contribution >= 4 is 17.2 Å². The van der Waals surface area contributed by atoms with Gasteiger partial charge in [0.25, 0.3) is 5.91 Å². The molecule has 3 heterocycles. The first kappa shape index (κ1) is 12.6. The van der Waals surface area contributed by atoms with Crippen molar-refractivity contribution < 1.29 is 9.21 Å². The Hall–Kier alpha value is -2.47. The molecule has 0 spiro atoms. The number of amides is 1. The van der Waals surface area contributed by atoms with Gasteiger partial charge in [-0.2, -0.15) is 0 Å². The summed E-state index contributed by atoms with van der Waals surface area (Å²) in [6.45, 7) is 0.401. The predicted molar refractivity (Wildman–Crippen MR) is 75.2 cm³/mol. The van der Waals surface area contributed by atoms with Gasteiger partial charge in [0.05, 0.1) is 11.8 Å². The Labute approximate surface area is 119 Å². The van der Waals surface area contributed by atoms with Crippen LogP contribution in [0.1, 0.15) is 16.1 Å². The summed E-state index contributed by atoms with van der Waals surface area (Å²) in [7, 11) is 0. The van der Waals surface area contributed by atoms with Crippen LogP contribution in [0.25, 0.3) is 11.3 Å². The van der Waals surface area contributed by atoms with Crippen molar-refractivity contribution in [1.29, 1.82) is 0 Å². The molecule has 20 heavy (non-hydrogen) atoms. The van der Waals surface area contributed by atoms with E-state index in [9.17, 15) is 4.79 Å². The minimum Gasteiger partial charge on any atom is -0.464 e. The largest absolute Gasteiger partial charge is 0.464 e. The maximum absolute atomic E-state index is 11.8. The van der Waals surface area contributed by atoms with Crippen molar-refractivity contribution in [3.8, 4) is 11.3 Å². The monoisotopic (exact) mass is 285 g/mol. The third-order valence-electron chi connectivity index (χ3n) is 2.72. The molecular weight excluding hydrogens is 274 g/mol. The second kappa shape index (κ2) is 5.66. The summed E-state index contributed by atoms with van der Waals surface area (Å²) in [6.07, 6.45) is 5.06. The normalized spacial score (nSPS) is 10.4. The first-order chi connectivity index (χ1) is 9.83. The van der Waals surface area contributed by atoms with Crippen LogP contribution >= 0.6 is 11.3 Å². The number of nitrogens with one attached hydrogen (secondary N) is 1. The highest BCUT2D eigenvalue weighted by Gasteiger charge is 2.08. The summed E-state index contributed by atoms with van der Waals surface area (Å²) < 4.78 is 5.32.